The first-order chi connectivity index (χ1) is 16.1. The van der Waals surface area contributed by atoms with E-state index in [9.17, 15) is 27.7 Å². The molecule has 0 heterocycles. The highest BCUT2D eigenvalue weighted by Gasteiger charge is 2.25. The number of nitrogens with one attached hydrogen (secondary N) is 2. The number of halogens is 1. The number of hydrogen-bond donors (Lipinski definition) is 2. The number of sulfonamides is 1. The Kier molecular flexibility index (Phi) is 7.31. The molecular formula is C22H20FN3O7S. The third-order valence-corrected chi connectivity index (χ3v) is 5.92. The molecule has 0 atom stereocenters. The molecule has 3 aromatic rings. The molecule has 0 aliphatic carbocycles. The maximum absolute atomic E-state index is 13.3. The van der Waals surface area contributed by atoms with Gasteiger partial charge in [-0.05, 0) is 49.4 Å². The molecule has 0 saturated carbocycles. The second-order valence-electron chi connectivity index (χ2n) is 6.80. The quantitative estimate of drug-likeness (QED) is 0.340. The van der Waals surface area contributed by atoms with Gasteiger partial charge in [0.05, 0.1) is 35.3 Å². The minimum Gasteiger partial charge on any atom is -0.493 e. The van der Waals surface area contributed by atoms with Gasteiger partial charge >= 0.3 is 0 Å². The highest BCUT2D eigenvalue weighted by Crippen LogP contribution is 2.35. The highest BCUT2D eigenvalue weighted by molar-refractivity contribution is 7.92. The zero-order chi connectivity index (χ0) is 24.9. The summed E-state index contributed by atoms with van der Waals surface area (Å²) in [6.07, 6.45) is 0. The van der Waals surface area contributed by atoms with E-state index >= 15 is 0 Å². The number of benzene rings is 3. The largest absolute Gasteiger partial charge is 0.493 e. The molecule has 0 bridgehead atoms. The average Bonchev–Trinajstić information content (AvgIpc) is 2.79. The van der Waals surface area contributed by atoms with Crippen LogP contribution >= 0.6 is 0 Å². The molecule has 10 nitrogen and oxygen atoms in total. The fourth-order valence-corrected chi connectivity index (χ4v) is 4.04. The first-order valence-corrected chi connectivity index (χ1v) is 11.3. The van der Waals surface area contributed by atoms with E-state index in [4.69, 9.17) is 9.47 Å². The molecule has 0 aromatic heterocycles. The van der Waals surface area contributed by atoms with Crippen molar-refractivity contribution in [2.75, 3.05) is 23.8 Å². The zero-order valence-electron chi connectivity index (χ0n) is 18.1. The summed E-state index contributed by atoms with van der Waals surface area (Å²) >= 11 is 0. The van der Waals surface area contributed by atoms with E-state index in [1.165, 1.54) is 55.6 Å². The van der Waals surface area contributed by atoms with Crippen molar-refractivity contribution in [1.29, 1.82) is 0 Å². The van der Waals surface area contributed by atoms with Gasteiger partial charge in [0, 0.05) is 11.8 Å². The number of ether oxygens (including phenoxy) is 2. The average molecular weight is 489 g/mol. The molecule has 0 radical (unpaired) electrons. The lowest BCUT2D eigenvalue weighted by Crippen LogP contribution is -2.15. The Balaban J connectivity index is 1.83. The lowest BCUT2D eigenvalue weighted by Gasteiger charge is -2.12. The van der Waals surface area contributed by atoms with Gasteiger partial charge in [-0.1, -0.05) is 6.07 Å². The minimum atomic E-state index is -4.01. The summed E-state index contributed by atoms with van der Waals surface area (Å²) in [4.78, 5) is 23.4. The molecule has 0 aliphatic rings. The number of anilines is 2. The van der Waals surface area contributed by atoms with Crippen LogP contribution < -0.4 is 19.5 Å². The maximum atomic E-state index is 13.3. The maximum Gasteiger partial charge on any atom is 0.286 e. The third kappa shape index (κ3) is 5.59. The van der Waals surface area contributed by atoms with Gasteiger partial charge in [-0.3, -0.25) is 19.6 Å². The summed E-state index contributed by atoms with van der Waals surface area (Å²) in [5.74, 6) is -1.14. The highest BCUT2D eigenvalue weighted by atomic mass is 32.2. The van der Waals surface area contributed by atoms with Gasteiger partial charge in [-0.2, -0.15) is 0 Å². The second-order valence-corrected chi connectivity index (χ2v) is 8.49. The fraction of sp³-hybridized carbons (Fsp3) is 0.136. The molecule has 0 unspecified atom stereocenters. The Bertz CT molecular complexity index is 1330. The summed E-state index contributed by atoms with van der Waals surface area (Å²) in [6, 6.07) is 12.4. The topological polar surface area (TPSA) is 137 Å². The summed E-state index contributed by atoms with van der Waals surface area (Å²) in [7, 11) is -2.68. The van der Waals surface area contributed by atoms with E-state index in [1.807, 2.05) is 0 Å². The molecule has 1 amide bonds. The Hall–Kier alpha value is -4.19. The first kappa shape index (κ1) is 24.5. The number of rotatable bonds is 9. The van der Waals surface area contributed by atoms with Crippen LogP contribution in [-0.4, -0.2) is 33.0 Å². The zero-order valence-corrected chi connectivity index (χ0v) is 18.9. The number of nitrogens with zero attached hydrogens (tertiary/aromatic N) is 1. The smallest absolute Gasteiger partial charge is 0.286 e. The molecule has 3 rings (SSSR count). The van der Waals surface area contributed by atoms with Gasteiger partial charge in [0.1, 0.15) is 11.4 Å². The van der Waals surface area contributed by atoms with Gasteiger partial charge < -0.3 is 14.8 Å². The number of methoxy groups -OCH3 is 1. The minimum absolute atomic E-state index is 0.0501. The molecular weight excluding hydrogens is 469 g/mol. The monoisotopic (exact) mass is 489 g/mol. The molecule has 3 aromatic carbocycles. The molecule has 12 heteroatoms. The molecule has 0 fully saturated rings. The van der Waals surface area contributed by atoms with Gasteiger partial charge in [0.2, 0.25) is 0 Å². The molecule has 178 valence electrons. The van der Waals surface area contributed by atoms with Crippen molar-refractivity contribution >= 4 is 33.0 Å². The van der Waals surface area contributed by atoms with Crippen molar-refractivity contribution in [2.45, 2.75) is 11.8 Å². The summed E-state index contributed by atoms with van der Waals surface area (Å²) in [5, 5.41) is 14.0. The van der Waals surface area contributed by atoms with E-state index < -0.39 is 32.4 Å². The lowest BCUT2D eigenvalue weighted by atomic mass is 10.1. The number of hydrogen-bond acceptors (Lipinski definition) is 7. The van der Waals surface area contributed by atoms with Crippen LogP contribution in [0.25, 0.3) is 0 Å². The summed E-state index contributed by atoms with van der Waals surface area (Å²) in [5.41, 5.74) is -0.513. The number of carbonyl (C=O) groups is 1. The van der Waals surface area contributed by atoms with Crippen LogP contribution in [0.4, 0.5) is 21.5 Å². The lowest BCUT2D eigenvalue weighted by molar-refractivity contribution is -0.385. The van der Waals surface area contributed by atoms with Crippen LogP contribution in [-0.2, 0) is 10.0 Å². The van der Waals surface area contributed by atoms with Gasteiger partial charge in [0.25, 0.3) is 21.6 Å². The van der Waals surface area contributed by atoms with Crippen molar-refractivity contribution < 1.29 is 32.0 Å². The van der Waals surface area contributed by atoms with E-state index in [-0.39, 0.29) is 39.9 Å². The molecule has 0 spiro atoms. The summed E-state index contributed by atoms with van der Waals surface area (Å²) in [6.45, 7) is 1.94. The van der Waals surface area contributed by atoms with Crippen molar-refractivity contribution in [3.05, 3.63) is 82.2 Å². The molecule has 34 heavy (non-hydrogen) atoms. The van der Waals surface area contributed by atoms with Crippen LogP contribution in [0, 0.1) is 15.9 Å². The van der Waals surface area contributed by atoms with E-state index in [1.54, 1.807) is 6.92 Å². The molecule has 0 saturated heterocycles. The fourth-order valence-electron chi connectivity index (χ4n) is 2.99. The Morgan fingerprint density at radius 3 is 2.35 bits per heavy atom. The van der Waals surface area contributed by atoms with Crippen molar-refractivity contribution in [3.63, 3.8) is 0 Å². The predicted molar refractivity (Wildman–Crippen MR) is 122 cm³/mol. The SMILES string of the molecule is CCOc1cc([N+](=O)[O-])c(C(=O)Nc2ccc(S(=O)(=O)Nc3cccc(F)c3)cc2)cc1OC. The third-order valence-electron chi connectivity index (χ3n) is 4.52. The number of carbonyl (C=O) groups excluding carboxylic acids is 1. The second kappa shape index (κ2) is 10.2. The van der Waals surface area contributed by atoms with Gasteiger partial charge in [-0.25, -0.2) is 12.8 Å². The van der Waals surface area contributed by atoms with E-state index in [0.29, 0.717) is 0 Å². The van der Waals surface area contributed by atoms with Gasteiger partial charge in [-0.15, -0.1) is 0 Å². The Labute approximate surface area is 194 Å². The summed E-state index contributed by atoms with van der Waals surface area (Å²) < 4.78 is 51.1. The van der Waals surface area contributed by atoms with Crippen LogP contribution in [0.2, 0.25) is 0 Å². The van der Waals surface area contributed by atoms with Crippen LogP contribution in [0.15, 0.2) is 65.6 Å². The number of nitro groups is 1. The molecule has 0 aliphatic heterocycles. The van der Waals surface area contributed by atoms with Crippen molar-refractivity contribution in [3.8, 4) is 11.5 Å². The Morgan fingerprint density at radius 2 is 1.76 bits per heavy atom. The first-order valence-electron chi connectivity index (χ1n) is 9.83. The standard InChI is InChI=1S/C22H20FN3O7S/c1-3-33-21-13-19(26(28)29)18(12-20(21)32-2)22(27)24-15-7-9-17(10-8-15)34(30,31)25-16-6-4-5-14(23)11-16/h4-13,25H,3H2,1-2H3,(H,24,27). The number of amides is 1. The predicted octanol–water partition coefficient (Wildman–Crippen LogP) is 4.19. The van der Waals surface area contributed by atoms with Crippen molar-refractivity contribution in [2.24, 2.45) is 0 Å². The van der Waals surface area contributed by atoms with Crippen LogP contribution in [0.3, 0.4) is 0 Å². The Morgan fingerprint density at radius 1 is 1.06 bits per heavy atom. The molecule has 2 N–H and O–H groups in total. The van der Waals surface area contributed by atoms with Crippen LogP contribution in [0.5, 0.6) is 11.5 Å². The van der Waals surface area contributed by atoms with Crippen molar-refractivity contribution in [1.82, 2.24) is 0 Å². The normalized spacial score (nSPS) is 10.9. The van der Waals surface area contributed by atoms with E-state index in [2.05, 4.69) is 10.0 Å². The van der Waals surface area contributed by atoms with Crippen LogP contribution in [0.1, 0.15) is 17.3 Å². The van der Waals surface area contributed by atoms with Gasteiger partial charge in [0.15, 0.2) is 11.5 Å². The van der Waals surface area contributed by atoms with E-state index in [0.717, 1.165) is 12.1 Å². The number of nitro benzene ring substituents is 1.